The third-order valence-corrected chi connectivity index (χ3v) is 7.93. The normalized spacial score (nSPS) is 27.4. The van der Waals surface area contributed by atoms with Gasteiger partial charge in [0.2, 0.25) is 15.9 Å². The lowest BCUT2D eigenvalue weighted by molar-refractivity contribution is -0.120. The monoisotopic (exact) mass is 455 g/mol. The maximum atomic E-state index is 14.0. The van der Waals surface area contributed by atoms with Crippen molar-refractivity contribution in [1.29, 1.82) is 0 Å². The standard InChI is InChI=1S/C22H34FN3O4S/c1-14(2)31(28,29)25-19-8-5-17(6-9-19)22(27)24-20-10-7-18(23)11-21(20)26-12-15(3)30-16(4)13-26/h7,10-11,14-17,19,25H,5-6,8-9,12-13H2,1-4H3,(H,24,27)/t15-,16+,17?,19?. The first-order valence-electron chi connectivity index (χ1n) is 11.1. The highest BCUT2D eigenvalue weighted by molar-refractivity contribution is 7.90. The molecule has 2 atom stereocenters. The number of nitrogens with zero attached hydrogens (tertiary/aromatic N) is 1. The fourth-order valence-corrected chi connectivity index (χ4v) is 5.30. The van der Waals surface area contributed by atoms with Crippen molar-refractivity contribution in [3.8, 4) is 0 Å². The summed E-state index contributed by atoms with van der Waals surface area (Å²) >= 11 is 0. The highest BCUT2D eigenvalue weighted by atomic mass is 32.2. The molecule has 2 fully saturated rings. The Morgan fingerprint density at radius 3 is 2.32 bits per heavy atom. The summed E-state index contributed by atoms with van der Waals surface area (Å²) in [4.78, 5) is 15.0. The van der Waals surface area contributed by atoms with Crippen LogP contribution in [-0.2, 0) is 19.6 Å². The number of nitrogens with one attached hydrogen (secondary N) is 2. The van der Waals surface area contributed by atoms with Crippen LogP contribution in [0.15, 0.2) is 18.2 Å². The second kappa shape index (κ2) is 9.83. The molecule has 0 aromatic heterocycles. The fourth-order valence-electron chi connectivity index (χ4n) is 4.32. The van der Waals surface area contributed by atoms with Gasteiger partial charge in [0, 0.05) is 25.0 Å². The van der Waals surface area contributed by atoms with E-state index in [1.807, 2.05) is 13.8 Å². The molecule has 1 heterocycles. The maximum Gasteiger partial charge on any atom is 0.227 e. The molecule has 3 rings (SSSR count). The smallest absolute Gasteiger partial charge is 0.227 e. The van der Waals surface area contributed by atoms with Crippen molar-refractivity contribution >= 4 is 27.3 Å². The number of hydrogen-bond donors (Lipinski definition) is 2. The summed E-state index contributed by atoms with van der Waals surface area (Å²) in [7, 11) is -3.32. The molecular formula is C22H34FN3O4S. The molecule has 7 nitrogen and oxygen atoms in total. The highest BCUT2D eigenvalue weighted by Gasteiger charge is 2.30. The summed E-state index contributed by atoms with van der Waals surface area (Å²) < 4.78 is 46.7. The fraction of sp³-hybridized carbons (Fsp3) is 0.682. The summed E-state index contributed by atoms with van der Waals surface area (Å²) in [6, 6.07) is 4.28. The van der Waals surface area contributed by atoms with Crippen LogP contribution >= 0.6 is 0 Å². The Hall–Kier alpha value is -1.71. The van der Waals surface area contributed by atoms with Gasteiger partial charge in [-0.05, 0) is 71.6 Å². The molecule has 9 heteroatoms. The molecule has 1 aromatic carbocycles. The van der Waals surface area contributed by atoms with Gasteiger partial charge >= 0.3 is 0 Å². The molecule has 1 saturated heterocycles. The zero-order valence-corrected chi connectivity index (χ0v) is 19.5. The molecule has 31 heavy (non-hydrogen) atoms. The molecular weight excluding hydrogens is 421 g/mol. The van der Waals surface area contributed by atoms with E-state index in [-0.39, 0.29) is 35.9 Å². The van der Waals surface area contributed by atoms with Gasteiger partial charge in [-0.25, -0.2) is 17.5 Å². The van der Waals surface area contributed by atoms with Crippen LogP contribution in [0.2, 0.25) is 0 Å². The lowest BCUT2D eigenvalue weighted by Crippen LogP contribution is -2.46. The van der Waals surface area contributed by atoms with Crippen LogP contribution in [0.1, 0.15) is 53.4 Å². The number of carbonyl (C=O) groups is 1. The number of sulfonamides is 1. The van der Waals surface area contributed by atoms with E-state index in [4.69, 9.17) is 4.74 Å². The number of rotatable bonds is 6. The number of ether oxygens (including phenoxy) is 1. The number of amides is 1. The lowest BCUT2D eigenvalue weighted by Gasteiger charge is -2.38. The van der Waals surface area contributed by atoms with Crippen LogP contribution in [0.25, 0.3) is 0 Å². The Balaban J connectivity index is 1.64. The second-order valence-corrected chi connectivity index (χ2v) is 11.3. The molecule has 1 aromatic rings. The third-order valence-electron chi connectivity index (χ3n) is 6.03. The Kier molecular flexibility index (Phi) is 7.59. The van der Waals surface area contributed by atoms with E-state index in [1.54, 1.807) is 19.9 Å². The van der Waals surface area contributed by atoms with E-state index in [2.05, 4.69) is 14.9 Å². The lowest BCUT2D eigenvalue weighted by atomic mass is 9.86. The Labute approximate surface area is 184 Å². The maximum absolute atomic E-state index is 14.0. The van der Waals surface area contributed by atoms with Crippen molar-refractivity contribution in [3.05, 3.63) is 24.0 Å². The van der Waals surface area contributed by atoms with Gasteiger partial charge in [0.25, 0.3) is 0 Å². The van der Waals surface area contributed by atoms with E-state index in [9.17, 15) is 17.6 Å². The van der Waals surface area contributed by atoms with E-state index in [1.165, 1.54) is 12.1 Å². The molecule has 1 saturated carbocycles. The van der Waals surface area contributed by atoms with Crippen molar-refractivity contribution in [1.82, 2.24) is 4.72 Å². The van der Waals surface area contributed by atoms with Crippen molar-refractivity contribution in [2.45, 2.75) is 76.9 Å². The summed E-state index contributed by atoms with van der Waals surface area (Å²) in [6.07, 6.45) is 2.50. The summed E-state index contributed by atoms with van der Waals surface area (Å²) in [5.74, 6) is -0.648. The Morgan fingerprint density at radius 1 is 1.13 bits per heavy atom. The van der Waals surface area contributed by atoms with Crippen LogP contribution < -0.4 is 14.9 Å². The number of halogens is 1. The van der Waals surface area contributed by atoms with Gasteiger partial charge in [-0.3, -0.25) is 4.79 Å². The number of anilines is 2. The molecule has 2 N–H and O–H groups in total. The third kappa shape index (κ3) is 6.17. The van der Waals surface area contributed by atoms with Crippen molar-refractivity contribution < 1.29 is 22.3 Å². The number of hydrogen-bond acceptors (Lipinski definition) is 5. The average molecular weight is 456 g/mol. The first-order chi connectivity index (χ1) is 14.5. The van der Waals surface area contributed by atoms with Crippen LogP contribution in [0, 0.1) is 11.7 Å². The van der Waals surface area contributed by atoms with Crippen LogP contribution in [-0.4, -0.2) is 50.9 Å². The van der Waals surface area contributed by atoms with E-state index in [0.717, 1.165) is 0 Å². The number of carbonyl (C=O) groups excluding carboxylic acids is 1. The summed E-state index contributed by atoms with van der Waals surface area (Å²) in [5, 5.41) is 2.51. The Bertz CT molecular complexity index is 875. The quantitative estimate of drug-likeness (QED) is 0.688. The first-order valence-corrected chi connectivity index (χ1v) is 12.6. The minimum Gasteiger partial charge on any atom is -0.372 e. The highest BCUT2D eigenvalue weighted by Crippen LogP contribution is 2.32. The molecule has 0 unspecified atom stereocenters. The zero-order valence-electron chi connectivity index (χ0n) is 18.7. The van der Waals surface area contributed by atoms with Crippen molar-refractivity contribution in [3.63, 3.8) is 0 Å². The topological polar surface area (TPSA) is 87.7 Å². The SMILES string of the molecule is CC(C)S(=O)(=O)NC1CCC(C(=O)Nc2ccc(F)cc2N2C[C@@H](C)O[C@@H](C)C2)CC1. The minimum absolute atomic E-state index is 0.0143. The molecule has 0 spiro atoms. The minimum atomic E-state index is -3.32. The second-order valence-electron chi connectivity index (χ2n) is 9.07. The van der Waals surface area contributed by atoms with E-state index in [0.29, 0.717) is 50.1 Å². The molecule has 2 aliphatic rings. The Morgan fingerprint density at radius 2 is 1.74 bits per heavy atom. The number of morpholine rings is 1. The molecule has 0 bridgehead atoms. The zero-order chi connectivity index (χ0) is 22.8. The van der Waals surface area contributed by atoms with Crippen molar-refractivity contribution in [2.75, 3.05) is 23.3 Å². The van der Waals surface area contributed by atoms with Gasteiger partial charge < -0.3 is 15.0 Å². The predicted octanol–water partition coefficient (Wildman–Crippen LogP) is 3.26. The van der Waals surface area contributed by atoms with Crippen LogP contribution in [0.4, 0.5) is 15.8 Å². The molecule has 0 radical (unpaired) electrons. The summed E-state index contributed by atoms with van der Waals surface area (Å²) in [6.45, 7) is 8.50. The van der Waals surface area contributed by atoms with E-state index >= 15 is 0 Å². The van der Waals surface area contributed by atoms with E-state index < -0.39 is 15.3 Å². The largest absolute Gasteiger partial charge is 0.372 e. The molecule has 1 aliphatic heterocycles. The van der Waals surface area contributed by atoms with Gasteiger partial charge in [-0.2, -0.15) is 0 Å². The van der Waals surface area contributed by atoms with Crippen LogP contribution in [0.3, 0.4) is 0 Å². The molecule has 174 valence electrons. The number of benzene rings is 1. The van der Waals surface area contributed by atoms with Gasteiger partial charge in [0.15, 0.2) is 0 Å². The van der Waals surface area contributed by atoms with Gasteiger partial charge in [-0.15, -0.1) is 0 Å². The molecule has 1 amide bonds. The van der Waals surface area contributed by atoms with Gasteiger partial charge in [0.05, 0.1) is 28.8 Å². The molecule has 1 aliphatic carbocycles. The average Bonchev–Trinajstić information content (AvgIpc) is 2.68. The predicted molar refractivity (Wildman–Crippen MR) is 120 cm³/mol. The summed E-state index contributed by atoms with van der Waals surface area (Å²) in [5.41, 5.74) is 1.25. The van der Waals surface area contributed by atoms with Crippen molar-refractivity contribution in [2.24, 2.45) is 5.92 Å². The van der Waals surface area contributed by atoms with Gasteiger partial charge in [0.1, 0.15) is 5.82 Å². The first kappa shape index (κ1) is 23.9. The van der Waals surface area contributed by atoms with Gasteiger partial charge in [-0.1, -0.05) is 0 Å². The van der Waals surface area contributed by atoms with Crippen LogP contribution in [0.5, 0.6) is 0 Å².